The predicted octanol–water partition coefficient (Wildman–Crippen LogP) is 3.97. The Morgan fingerprint density at radius 3 is 2.66 bits per heavy atom. The molecular formula is C22H21ClN2O6S. The number of hydrogen-bond donors (Lipinski definition) is 1. The van der Waals surface area contributed by atoms with Gasteiger partial charge in [-0.15, -0.1) is 0 Å². The molecule has 4 rings (SSSR count). The molecule has 1 amide bonds. The van der Waals surface area contributed by atoms with Crippen LogP contribution in [0.2, 0.25) is 5.02 Å². The number of aryl methyl sites for hydroxylation is 1. The third kappa shape index (κ3) is 4.50. The van der Waals surface area contributed by atoms with Crippen molar-refractivity contribution < 1.29 is 27.2 Å². The molecule has 2 heterocycles. The highest BCUT2D eigenvalue weighted by Crippen LogP contribution is 2.28. The molecule has 0 unspecified atom stereocenters. The van der Waals surface area contributed by atoms with Gasteiger partial charge in [-0.1, -0.05) is 17.7 Å². The number of carbonyl (C=O) groups is 2. The van der Waals surface area contributed by atoms with Crippen molar-refractivity contribution in [2.45, 2.75) is 24.7 Å². The number of halogens is 1. The van der Waals surface area contributed by atoms with Crippen LogP contribution >= 0.6 is 11.6 Å². The van der Waals surface area contributed by atoms with E-state index >= 15 is 0 Å². The molecule has 10 heteroatoms. The molecule has 0 bridgehead atoms. The number of nitrogens with zero attached hydrogens (tertiary/aromatic N) is 1. The lowest BCUT2D eigenvalue weighted by Crippen LogP contribution is -2.28. The maximum Gasteiger partial charge on any atom is 0.375 e. The van der Waals surface area contributed by atoms with Crippen LogP contribution in [0.15, 0.2) is 51.8 Å². The molecule has 3 aromatic rings. The maximum atomic E-state index is 12.7. The average molecular weight is 477 g/mol. The van der Waals surface area contributed by atoms with Crippen LogP contribution in [0.1, 0.15) is 29.0 Å². The van der Waals surface area contributed by atoms with Crippen LogP contribution in [-0.2, 0) is 19.6 Å². The Labute approximate surface area is 190 Å². The second kappa shape index (κ2) is 8.93. The smallest absolute Gasteiger partial charge is 0.375 e. The molecule has 1 aliphatic rings. The molecule has 168 valence electrons. The fourth-order valence-corrected chi connectivity index (χ4v) is 5.33. The van der Waals surface area contributed by atoms with Crippen LogP contribution in [0.5, 0.6) is 0 Å². The van der Waals surface area contributed by atoms with Gasteiger partial charge in [-0.25, -0.2) is 13.2 Å². The number of anilines is 1. The topological polar surface area (TPSA) is 106 Å². The number of sulfonamides is 1. The first-order valence-corrected chi connectivity index (χ1v) is 11.8. The molecule has 2 aromatic carbocycles. The molecule has 1 fully saturated rings. The Morgan fingerprint density at radius 2 is 1.91 bits per heavy atom. The number of carbonyl (C=O) groups excluding carboxylic acids is 2. The predicted molar refractivity (Wildman–Crippen MR) is 119 cm³/mol. The number of benzene rings is 2. The van der Waals surface area contributed by atoms with Gasteiger partial charge in [-0.2, -0.15) is 4.31 Å². The van der Waals surface area contributed by atoms with Gasteiger partial charge in [0, 0.05) is 34.7 Å². The lowest BCUT2D eigenvalue weighted by atomic mass is 10.1. The van der Waals surface area contributed by atoms with Crippen LogP contribution in [0, 0.1) is 6.92 Å². The zero-order valence-corrected chi connectivity index (χ0v) is 18.8. The molecule has 1 aliphatic heterocycles. The highest BCUT2D eigenvalue weighted by Gasteiger charge is 2.27. The van der Waals surface area contributed by atoms with Gasteiger partial charge in [0.1, 0.15) is 5.58 Å². The fraction of sp³-hybridized carbons (Fsp3) is 0.273. The number of rotatable bonds is 6. The van der Waals surface area contributed by atoms with E-state index < -0.39 is 28.5 Å². The van der Waals surface area contributed by atoms with E-state index in [4.69, 9.17) is 20.8 Å². The van der Waals surface area contributed by atoms with Crippen molar-refractivity contribution in [2.24, 2.45) is 0 Å². The Hall–Kier alpha value is -2.88. The zero-order valence-electron chi connectivity index (χ0n) is 17.3. The van der Waals surface area contributed by atoms with Gasteiger partial charge in [0.25, 0.3) is 5.91 Å². The number of hydrogen-bond acceptors (Lipinski definition) is 6. The van der Waals surface area contributed by atoms with Crippen LogP contribution < -0.4 is 5.32 Å². The summed E-state index contributed by atoms with van der Waals surface area (Å²) >= 11 is 5.98. The molecule has 32 heavy (non-hydrogen) atoms. The standard InChI is InChI=1S/C22H21ClN2O6S/c1-14-18-11-15(23)7-8-19(18)31-21(14)22(27)30-13-20(26)24-16-5-4-6-17(12-16)32(28,29)25-9-2-3-10-25/h4-8,11-12H,2-3,9-10,13H2,1H3,(H,24,26). The summed E-state index contributed by atoms with van der Waals surface area (Å²) in [5.74, 6) is -1.39. The third-order valence-corrected chi connectivity index (χ3v) is 7.37. The van der Waals surface area contributed by atoms with Crippen molar-refractivity contribution in [3.63, 3.8) is 0 Å². The Kier molecular flexibility index (Phi) is 6.23. The SMILES string of the molecule is Cc1c(C(=O)OCC(=O)Nc2cccc(S(=O)(=O)N3CCCC3)c2)oc2ccc(Cl)cc12. The van der Waals surface area contributed by atoms with Crippen molar-refractivity contribution >= 4 is 50.2 Å². The van der Waals surface area contributed by atoms with E-state index in [9.17, 15) is 18.0 Å². The van der Waals surface area contributed by atoms with E-state index in [2.05, 4.69) is 5.32 Å². The van der Waals surface area contributed by atoms with Crippen molar-refractivity contribution in [3.05, 3.63) is 58.8 Å². The highest BCUT2D eigenvalue weighted by atomic mass is 35.5. The summed E-state index contributed by atoms with van der Waals surface area (Å²) in [5.41, 5.74) is 1.34. The minimum absolute atomic E-state index is 0.00577. The molecular weight excluding hydrogens is 456 g/mol. The number of furan rings is 1. The molecule has 0 atom stereocenters. The minimum atomic E-state index is -3.60. The zero-order chi connectivity index (χ0) is 22.9. The van der Waals surface area contributed by atoms with E-state index in [1.807, 2.05) is 0 Å². The fourth-order valence-electron chi connectivity index (χ4n) is 3.59. The normalized spacial score (nSPS) is 14.6. The van der Waals surface area contributed by atoms with Crippen LogP contribution in [-0.4, -0.2) is 44.3 Å². The lowest BCUT2D eigenvalue weighted by Gasteiger charge is -2.16. The quantitative estimate of drug-likeness (QED) is 0.539. The van der Waals surface area contributed by atoms with Gasteiger partial charge in [0.15, 0.2) is 6.61 Å². The van der Waals surface area contributed by atoms with E-state index in [1.54, 1.807) is 37.3 Å². The van der Waals surface area contributed by atoms with Crippen molar-refractivity contribution in [1.29, 1.82) is 0 Å². The molecule has 0 aliphatic carbocycles. The molecule has 0 saturated carbocycles. The number of esters is 1. The van der Waals surface area contributed by atoms with Gasteiger partial charge < -0.3 is 14.5 Å². The van der Waals surface area contributed by atoms with E-state index in [0.29, 0.717) is 40.3 Å². The molecule has 0 radical (unpaired) electrons. The molecule has 1 N–H and O–H groups in total. The van der Waals surface area contributed by atoms with Crippen LogP contribution in [0.4, 0.5) is 5.69 Å². The van der Waals surface area contributed by atoms with Crippen molar-refractivity contribution in [3.8, 4) is 0 Å². The summed E-state index contributed by atoms with van der Waals surface area (Å²) < 4.78 is 37.4. The summed E-state index contributed by atoms with van der Waals surface area (Å²) in [6, 6.07) is 11.0. The summed E-state index contributed by atoms with van der Waals surface area (Å²) in [6.45, 7) is 2.12. The van der Waals surface area contributed by atoms with Crippen molar-refractivity contribution in [1.82, 2.24) is 4.31 Å². The summed E-state index contributed by atoms with van der Waals surface area (Å²) in [5, 5.41) is 3.75. The van der Waals surface area contributed by atoms with Gasteiger partial charge in [0.05, 0.1) is 4.90 Å². The number of amides is 1. The lowest BCUT2D eigenvalue weighted by molar-refractivity contribution is -0.119. The number of fused-ring (bicyclic) bond motifs is 1. The van der Waals surface area contributed by atoms with Crippen LogP contribution in [0.25, 0.3) is 11.0 Å². The van der Waals surface area contributed by atoms with E-state index in [-0.39, 0.29) is 10.7 Å². The molecule has 1 saturated heterocycles. The first kappa shape index (κ1) is 22.3. The van der Waals surface area contributed by atoms with Crippen LogP contribution in [0.3, 0.4) is 0 Å². The molecule has 1 aromatic heterocycles. The first-order chi connectivity index (χ1) is 15.3. The Morgan fingerprint density at radius 1 is 1.16 bits per heavy atom. The first-order valence-electron chi connectivity index (χ1n) is 10.0. The van der Waals surface area contributed by atoms with Gasteiger partial charge in [-0.3, -0.25) is 4.79 Å². The summed E-state index contributed by atoms with van der Waals surface area (Å²) in [4.78, 5) is 24.8. The average Bonchev–Trinajstić information content (AvgIpc) is 3.42. The van der Waals surface area contributed by atoms with Gasteiger partial charge >= 0.3 is 5.97 Å². The van der Waals surface area contributed by atoms with Gasteiger partial charge in [0.2, 0.25) is 15.8 Å². The second-order valence-corrected chi connectivity index (χ2v) is 9.83. The third-order valence-electron chi connectivity index (χ3n) is 5.24. The number of nitrogens with one attached hydrogen (secondary N) is 1. The summed E-state index contributed by atoms with van der Waals surface area (Å²) in [7, 11) is -3.60. The van der Waals surface area contributed by atoms with E-state index in [1.165, 1.54) is 16.4 Å². The maximum absolute atomic E-state index is 12.7. The molecule has 8 nitrogen and oxygen atoms in total. The highest BCUT2D eigenvalue weighted by molar-refractivity contribution is 7.89. The Balaban J connectivity index is 1.40. The largest absolute Gasteiger partial charge is 0.450 e. The monoisotopic (exact) mass is 476 g/mol. The van der Waals surface area contributed by atoms with E-state index in [0.717, 1.165) is 12.8 Å². The molecule has 0 spiro atoms. The summed E-state index contributed by atoms with van der Waals surface area (Å²) in [6.07, 6.45) is 1.66. The second-order valence-electron chi connectivity index (χ2n) is 7.46. The Bertz CT molecular complexity index is 1290. The van der Waals surface area contributed by atoms with Crippen molar-refractivity contribution in [2.75, 3.05) is 25.0 Å². The van der Waals surface area contributed by atoms with Gasteiger partial charge in [-0.05, 0) is 56.2 Å². The minimum Gasteiger partial charge on any atom is -0.450 e. The number of ether oxygens (including phenoxy) is 1.